The Labute approximate surface area is 178 Å². The third kappa shape index (κ3) is 3.79. The summed E-state index contributed by atoms with van der Waals surface area (Å²) in [7, 11) is 1.39. The van der Waals surface area contributed by atoms with Gasteiger partial charge in [-0.2, -0.15) is 13.2 Å². The van der Waals surface area contributed by atoms with E-state index in [2.05, 4.69) is 20.3 Å². The maximum atomic E-state index is 14.8. The van der Waals surface area contributed by atoms with E-state index in [0.717, 1.165) is 6.07 Å². The molecule has 0 saturated carbocycles. The average Bonchev–Trinajstić information content (AvgIpc) is 3.15. The minimum Gasteiger partial charge on any atom is -0.480 e. The number of aromatic nitrogens is 2. The van der Waals surface area contributed by atoms with Gasteiger partial charge in [-0.3, -0.25) is 4.79 Å². The van der Waals surface area contributed by atoms with Crippen LogP contribution in [0.4, 0.5) is 23.2 Å². The fourth-order valence-electron chi connectivity index (χ4n) is 3.76. The molecule has 1 aromatic heterocycles. The van der Waals surface area contributed by atoms with Crippen LogP contribution in [0.5, 0.6) is 5.88 Å². The van der Waals surface area contributed by atoms with E-state index in [1.54, 1.807) is 0 Å². The maximum Gasteiger partial charge on any atom is 0.415 e. The first-order valence-electron chi connectivity index (χ1n) is 9.28. The molecule has 1 fully saturated rings. The lowest BCUT2D eigenvalue weighted by atomic mass is 9.77. The molecule has 2 aliphatic rings. The number of ether oxygens (including phenoxy) is 3. The summed E-state index contributed by atoms with van der Waals surface area (Å²) in [5, 5.41) is 2.51. The number of alkyl halides is 3. The van der Waals surface area contributed by atoms with Crippen molar-refractivity contribution in [2.24, 2.45) is 16.6 Å². The van der Waals surface area contributed by atoms with Crippen molar-refractivity contribution in [3.8, 4) is 5.88 Å². The van der Waals surface area contributed by atoms with Gasteiger partial charge in [0.25, 0.3) is 11.9 Å². The molecule has 170 valence electrons. The second-order valence-corrected chi connectivity index (χ2v) is 7.16. The highest BCUT2D eigenvalue weighted by atomic mass is 19.4. The molecule has 3 atom stereocenters. The number of aliphatic imine (C=N–C) groups is 1. The Balaban J connectivity index is 1.68. The number of nitrogens with one attached hydrogen (secondary N) is 1. The van der Waals surface area contributed by atoms with Crippen LogP contribution in [-0.2, 0) is 15.0 Å². The van der Waals surface area contributed by atoms with Gasteiger partial charge in [-0.15, -0.1) is 0 Å². The van der Waals surface area contributed by atoms with Crippen LogP contribution in [0.25, 0.3) is 0 Å². The lowest BCUT2D eigenvalue weighted by molar-refractivity contribution is -0.219. The Bertz CT molecular complexity index is 1060. The Morgan fingerprint density at radius 1 is 1.31 bits per heavy atom. The zero-order valence-electron chi connectivity index (χ0n) is 16.5. The normalized spacial score (nSPS) is 24.8. The highest BCUT2D eigenvalue weighted by Crippen LogP contribution is 2.50. The zero-order chi connectivity index (χ0) is 23.1. The topological polar surface area (TPSA) is 121 Å². The van der Waals surface area contributed by atoms with Crippen molar-refractivity contribution in [1.82, 2.24) is 9.97 Å². The second-order valence-electron chi connectivity index (χ2n) is 7.16. The number of hydrogen-bond acceptors (Lipinski definition) is 8. The number of anilines is 1. The Morgan fingerprint density at radius 2 is 2.09 bits per heavy atom. The van der Waals surface area contributed by atoms with Crippen molar-refractivity contribution in [1.29, 1.82) is 0 Å². The molecule has 13 heteroatoms. The minimum absolute atomic E-state index is 0.0534. The number of carbonyl (C=O) groups is 1. The number of methoxy groups -OCH3 is 1. The summed E-state index contributed by atoms with van der Waals surface area (Å²) in [4.78, 5) is 24.3. The van der Waals surface area contributed by atoms with Crippen molar-refractivity contribution in [3.63, 3.8) is 0 Å². The van der Waals surface area contributed by atoms with Gasteiger partial charge in [0.2, 0.25) is 5.88 Å². The molecule has 3 unspecified atom stereocenters. The smallest absolute Gasteiger partial charge is 0.415 e. The summed E-state index contributed by atoms with van der Waals surface area (Å²) in [6.45, 7) is -1.03. The van der Waals surface area contributed by atoms with Crippen LogP contribution in [0, 0.1) is 11.7 Å². The van der Waals surface area contributed by atoms with Crippen LogP contribution in [0.2, 0.25) is 0 Å². The van der Waals surface area contributed by atoms with Crippen LogP contribution in [-0.4, -0.2) is 54.5 Å². The van der Waals surface area contributed by atoms with E-state index >= 15 is 0 Å². The van der Waals surface area contributed by atoms with Gasteiger partial charge in [0, 0.05) is 11.3 Å². The lowest BCUT2D eigenvalue weighted by Crippen LogP contribution is -2.48. The van der Waals surface area contributed by atoms with Crippen LogP contribution in [0.3, 0.4) is 0 Å². The van der Waals surface area contributed by atoms with Gasteiger partial charge in [-0.1, -0.05) is 0 Å². The summed E-state index contributed by atoms with van der Waals surface area (Å²) >= 11 is 0. The number of hydrogen-bond donors (Lipinski definition) is 2. The van der Waals surface area contributed by atoms with E-state index in [0.29, 0.717) is 0 Å². The average molecular weight is 455 g/mol. The third-order valence-corrected chi connectivity index (χ3v) is 5.27. The molecule has 9 nitrogen and oxygen atoms in total. The van der Waals surface area contributed by atoms with E-state index in [4.69, 9.17) is 19.9 Å². The van der Waals surface area contributed by atoms with Gasteiger partial charge in [0.15, 0.2) is 6.10 Å². The van der Waals surface area contributed by atoms with Gasteiger partial charge in [0.05, 0.1) is 38.6 Å². The van der Waals surface area contributed by atoms with E-state index < -0.39 is 48.7 Å². The predicted molar refractivity (Wildman–Crippen MR) is 101 cm³/mol. The monoisotopic (exact) mass is 455 g/mol. The Hall–Kier alpha value is -3.48. The summed E-state index contributed by atoms with van der Waals surface area (Å²) in [6, 6.07) is 3.08. The van der Waals surface area contributed by atoms with Gasteiger partial charge >= 0.3 is 6.18 Å². The molecule has 1 saturated heterocycles. The maximum absolute atomic E-state index is 14.8. The van der Waals surface area contributed by atoms with Crippen LogP contribution >= 0.6 is 0 Å². The van der Waals surface area contributed by atoms with E-state index in [-0.39, 0.29) is 28.8 Å². The quantitative estimate of drug-likeness (QED) is 0.677. The Morgan fingerprint density at radius 3 is 2.75 bits per heavy atom. The molecule has 32 heavy (non-hydrogen) atoms. The number of amides is 1. The van der Waals surface area contributed by atoms with E-state index in [9.17, 15) is 22.4 Å². The fourth-order valence-corrected chi connectivity index (χ4v) is 3.76. The first-order valence-corrected chi connectivity index (χ1v) is 9.28. The van der Waals surface area contributed by atoms with Crippen molar-refractivity contribution in [2.45, 2.75) is 17.8 Å². The number of carbonyl (C=O) groups excluding carboxylic acids is 1. The molecule has 3 N–H and O–H groups in total. The number of nitrogens with two attached hydrogens (primary N) is 1. The molecule has 1 aromatic carbocycles. The zero-order valence-corrected chi connectivity index (χ0v) is 16.5. The molecule has 2 aliphatic heterocycles. The highest BCUT2D eigenvalue weighted by molar-refractivity contribution is 6.02. The number of halogens is 4. The molecular weight excluding hydrogens is 438 g/mol. The van der Waals surface area contributed by atoms with Gasteiger partial charge < -0.3 is 25.3 Å². The number of amidine groups is 1. The fraction of sp³-hybridized carbons (Fsp3) is 0.368. The van der Waals surface area contributed by atoms with Gasteiger partial charge in [0.1, 0.15) is 17.1 Å². The van der Waals surface area contributed by atoms with E-state index in [1.165, 1.54) is 31.6 Å². The highest BCUT2D eigenvalue weighted by Gasteiger charge is 2.62. The standard InChI is InChI=1S/C19H17F4N5O4/c1-30-14-6-25-13(5-26-14)16(29)27-9-2-3-12(20)10(4-9)18-8-32-15(19(21,22)23)11(18)7-31-17(24)28-18/h2-6,11,15H,7-8H2,1H3,(H2,24,28)(H,27,29). The summed E-state index contributed by atoms with van der Waals surface area (Å²) in [5.74, 6) is -2.67. The second kappa shape index (κ2) is 7.89. The van der Waals surface area contributed by atoms with Crippen molar-refractivity contribution in [3.05, 3.63) is 47.7 Å². The molecular formula is C19H17F4N5O4. The van der Waals surface area contributed by atoms with E-state index in [1.807, 2.05) is 0 Å². The lowest BCUT2D eigenvalue weighted by Gasteiger charge is -2.36. The SMILES string of the molecule is COc1cnc(C(=O)Nc2ccc(F)c(C34COC(C(F)(F)F)C3COC(N)=N4)c2)cn1. The number of nitrogens with zero attached hydrogens (tertiary/aromatic N) is 3. The molecule has 2 aromatic rings. The first kappa shape index (κ1) is 21.7. The molecule has 0 spiro atoms. The largest absolute Gasteiger partial charge is 0.480 e. The van der Waals surface area contributed by atoms with Crippen molar-refractivity contribution < 1.29 is 36.6 Å². The van der Waals surface area contributed by atoms with Crippen LogP contribution < -0.4 is 15.8 Å². The summed E-state index contributed by atoms with van der Waals surface area (Å²) in [6.07, 6.45) is -4.52. The Kier molecular flexibility index (Phi) is 5.36. The summed E-state index contributed by atoms with van der Waals surface area (Å²) < 4.78 is 70.1. The molecule has 4 rings (SSSR count). The van der Waals surface area contributed by atoms with Gasteiger partial charge in [-0.25, -0.2) is 19.4 Å². The van der Waals surface area contributed by atoms with Crippen molar-refractivity contribution >= 4 is 17.6 Å². The summed E-state index contributed by atoms with van der Waals surface area (Å²) in [5.41, 5.74) is 3.68. The number of fused-ring (bicyclic) bond motifs is 1. The molecule has 3 heterocycles. The molecule has 0 radical (unpaired) electrons. The number of benzene rings is 1. The van der Waals surface area contributed by atoms with Gasteiger partial charge in [-0.05, 0) is 18.2 Å². The first-order chi connectivity index (χ1) is 15.1. The van der Waals surface area contributed by atoms with Crippen molar-refractivity contribution in [2.75, 3.05) is 25.6 Å². The minimum atomic E-state index is -4.72. The predicted octanol–water partition coefficient (Wildman–Crippen LogP) is 1.99. The number of rotatable bonds is 4. The molecule has 0 bridgehead atoms. The third-order valence-electron chi connectivity index (χ3n) is 5.27. The molecule has 0 aliphatic carbocycles. The molecule has 1 amide bonds. The van der Waals surface area contributed by atoms with Crippen LogP contribution in [0.15, 0.2) is 35.6 Å². The van der Waals surface area contributed by atoms with Crippen LogP contribution in [0.1, 0.15) is 16.1 Å².